The largest absolute Gasteiger partial charge is 0.497 e. The number of ether oxygens (including phenoxy) is 1. The number of ketones is 1. The zero-order valence-electron chi connectivity index (χ0n) is 34.1. The molecule has 63 heavy (non-hydrogen) atoms. The number of Topliss-reactive ketones (excluding diaryl/α,β-unsaturated/α-hetero) is 1. The molecule has 0 unspecified atom stereocenters. The van der Waals surface area contributed by atoms with E-state index in [1.807, 2.05) is 95.8 Å². The average Bonchev–Trinajstić information content (AvgIpc) is 4.01. The first-order valence-electron chi connectivity index (χ1n) is 19.8. The highest BCUT2D eigenvalue weighted by Gasteiger charge is 2.40. The minimum absolute atomic E-state index is 0.0707. The zero-order valence-corrected chi connectivity index (χ0v) is 35.7. The van der Waals surface area contributed by atoms with Crippen LogP contribution in [0.4, 0.5) is 4.39 Å². The second-order valence-electron chi connectivity index (χ2n) is 14.4. The first-order chi connectivity index (χ1) is 30.6. The molecule has 3 heterocycles. The first-order valence-corrected chi connectivity index (χ1v) is 22.0. The molecule has 9 rings (SSSR count). The number of carbonyl (C=O) groups is 1. The highest BCUT2D eigenvalue weighted by molar-refractivity contribution is 7.88. The second kappa shape index (κ2) is 18.4. The van der Waals surface area contributed by atoms with Crippen LogP contribution in [0.25, 0.3) is 43.9 Å². The number of fused-ring (bicyclic) bond motifs is 1. The molecule has 10 nitrogen and oxygen atoms in total. The Labute approximate surface area is 368 Å². The number of rotatable bonds is 12. The van der Waals surface area contributed by atoms with Crippen molar-refractivity contribution in [2.75, 3.05) is 20.7 Å². The number of nitrogens with one attached hydrogen (secondary N) is 1. The summed E-state index contributed by atoms with van der Waals surface area (Å²) >= 11 is 0.931. The molecule has 0 radical (unpaired) electrons. The summed E-state index contributed by atoms with van der Waals surface area (Å²) in [7, 11) is -1.04. The molecule has 3 aromatic heterocycles. The summed E-state index contributed by atoms with van der Waals surface area (Å²) in [5.41, 5.74) is 6.90. The average molecular weight is 874 g/mol. The summed E-state index contributed by atoms with van der Waals surface area (Å²) < 4.78 is 54.5. The Balaban J connectivity index is 0.000000361. The van der Waals surface area contributed by atoms with Gasteiger partial charge in [-0.05, 0) is 90.0 Å². The molecule has 0 saturated heterocycles. The Morgan fingerprint density at radius 2 is 1.37 bits per heavy atom. The Bertz CT molecular complexity index is 3030. The molecule has 13 heteroatoms. The summed E-state index contributed by atoms with van der Waals surface area (Å²) in [6.45, 7) is 0.354. The van der Waals surface area contributed by atoms with Gasteiger partial charge in [0.1, 0.15) is 33.3 Å². The topological polar surface area (TPSA) is 136 Å². The smallest absolute Gasteiger partial charge is 0.304 e. The minimum Gasteiger partial charge on any atom is -0.497 e. The summed E-state index contributed by atoms with van der Waals surface area (Å²) in [5.74, 6) is 0.429. The molecule has 0 saturated carbocycles. The molecule has 0 aliphatic heterocycles. The molecule has 0 aliphatic rings. The molecule has 2 N–H and O–H groups in total. The normalized spacial score (nSPS) is 11.5. The fourth-order valence-electron chi connectivity index (χ4n) is 7.58. The van der Waals surface area contributed by atoms with Gasteiger partial charge in [0.2, 0.25) is 0 Å². The van der Waals surface area contributed by atoms with Gasteiger partial charge in [-0.1, -0.05) is 109 Å². The number of hydrogen-bond acceptors (Lipinski definition) is 9. The Hall–Kier alpha value is -7.16. The molecule has 0 fully saturated rings. The summed E-state index contributed by atoms with van der Waals surface area (Å²) in [4.78, 5) is 21.0. The quantitative estimate of drug-likeness (QED) is 0.0698. The third-order valence-electron chi connectivity index (χ3n) is 10.5. The van der Waals surface area contributed by atoms with Crippen molar-refractivity contribution in [3.63, 3.8) is 0 Å². The van der Waals surface area contributed by atoms with Crippen molar-refractivity contribution in [1.82, 2.24) is 25.1 Å². The molecule has 6 aromatic carbocycles. The predicted molar refractivity (Wildman–Crippen MR) is 245 cm³/mol. The van der Waals surface area contributed by atoms with E-state index in [2.05, 4.69) is 51.7 Å². The van der Waals surface area contributed by atoms with Crippen molar-refractivity contribution in [1.29, 1.82) is 0 Å². The SMILES string of the molecule is CNCC(=O)c1cccc(OC)c1.O=S(=O)(O)c1ccc(-c2ncnc3ccc(-c4cn(C(c5ccccc5)(c5ccccc5)c5ccccc5)nc4-c4ccc(F)cc4)cc23)s1. The maximum absolute atomic E-state index is 14.2. The Morgan fingerprint density at radius 1 is 0.746 bits per heavy atom. The number of thiophene rings is 1. The monoisotopic (exact) mass is 873 g/mol. The lowest BCUT2D eigenvalue weighted by Crippen LogP contribution is -2.38. The molecule has 0 atom stereocenters. The lowest BCUT2D eigenvalue weighted by Gasteiger charge is -2.36. The highest BCUT2D eigenvalue weighted by Crippen LogP contribution is 2.44. The number of aromatic nitrogens is 4. The number of benzene rings is 6. The van der Waals surface area contributed by atoms with Crippen molar-refractivity contribution in [3.05, 3.63) is 210 Å². The molecule has 0 spiro atoms. The van der Waals surface area contributed by atoms with Crippen molar-refractivity contribution >= 4 is 38.1 Å². The maximum Gasteiger partial charge on any atom is 0.304 e. The van der Waals surface area contributed by atoms with Crippen molar-refractivity contribution in [2.24, 2.45) is 0 Å². The van der Waals surface area contributed by atoms with E-state index in [9.17, 15) is 22.2 Å². The highest BCUT2D eigenvalue weighted by atomic mass is 32.3. The van der Waals surface area contributed by atoms with E-state index < -0.39 is 15.7 Å². The molecule has 0 aliphatic carbocycles. The molecular weight excluding hydrogens is 834 g/mol. The number of methoxy groups -OCH3 is 1. The maximum atomic E-state index is 14.2. The van der Waals surface area contributed by atoms with Crippen LogP contribution in [0, 0.1) is 5.82 Å². The molecule has 314 valence electrons. The van der Waals surface area contributed by atoms with E-state index in [-0.39, 0.29) is 15.8 Å². The van der Waals surface area contributed by atoms with Gasteiger partial charge in [-0.3, -0.25) is 14.0 Å². The van der Waals surface area contributed by atoms with E-state index in [4.69, 9.17) is 9.84 Å². The van der Waals surface area contributed by atoms with Crippen LogP contribution >= 0.6 is 11.3 Å². The van der Waals surface area contributed by atoms with E-state index in [0.717, 1.165) is 44.7 Å². The molecule has 0 bridgehead atoms. The van der Waals surface area contributed by atoms with Crippen LogP contribution in [0.1, 0.15) is 27.0 Å². The third-order valence-corrected chi connectivity index (χ3v) is 12.9. The van der Waals surface area contributed by atoms with E-state index >= 15 is 0 Å². The van der Waals surface area contributed by atoms with Gasteiger partial charge in [0, 0.05) is 28.3 Å². The van der Waals surface area contributed by atoms with Gasteiger partial charge in [-0.15, -0.1) is 11.3 Å². The van der Waals surface area contributed by atoms with Crippen LogP contribution in [0.2, 0.25) is 0 Å². The fourth-order valence-corrected chi connectivity index (χ4v) is 9.26. The number of hydrogen-bond donors (Lipinski definition) is 2. The molecular formula is C50H40FN5O5S2. The summed E-state index contributed by atoms with van der Waals surface area (Å²) in [6.07, 6.45) is 3.46. The van der Waals surface area contributed by atoms with Crippen LogP contribution < -0.4 is 10.1 Å². The Morgan fingerprint density at radius 3 is 1.94 bits per heavy atom. The van der Waals surface area contributed by atoms with Gasteiger partial charge in [-0.25, -0.2) is 14.4 Å². The van der Waals surface area contributed by atoms with Crippen molar-refractivity contribution in [3.8, 4) is 38.7 Å². The van der Waals surface area contributed by atoms with Gasteiger partial charge < -0.3 is 10.1 Å². The van der Waals surface area contributed by atoms with Gasteiger partial charge in [0.05, 0.1) is 29.7 Å². The molecule has 9 aromatic rings. The van der Waals surface area contributed by atoms with Gasteiger partial charge >= 0.3 is 10.1 Å². The number of nitrogens with zero attached hydrogens (tertiary/aromatic N) is 4. The van der Waals surface area contributed by atoms with Crippen LogP contribution in [-0.2, 0) is 15.7 Å². The molecule has 0 amide bonds. The fraction of sp³-hybridized carbons (Fsp3) is 0.0800. The lowest BCUT2D eigenvalue weighted by atomic mass is 9.77. The van der Waals surface area contributed by atoms with Crippen LogP contribution in [-0.4, -0.2) is 59.2 Å². The van der Waals surface area contributed by atoms with Gasteiger partial charge in [0.15, 0.2) is 5.78 Å². The van der Waals surface area contributed by atoms with Crippen LogP contribution in [0.3, 0.4) is 0 Å². The van der Waals surface area contributed by atoms with Crippen molar-refractivity contribution in [2.45, 2.75) is 9.75 Å². The first kappa shape index (κ1) is 42.5. The number of carbonyl (C=O) groups excluding carboxylic acids is 1. The third kappa shape index (κ3) is 8.81. The number of likely N-dealkylation sites (N-methyl/N-ethyl adjacent to an activating group) is 1. The second-order valence-corrected chi connectivity index (χ2v) is 17.1. The van der Waals surface area contributed by atoms with E-state index in [1.165, 1.54) is 24.5 Å². The van der Waals surface area contributed by atoms with Gasteiger partial charge in [0.25, 0.3) is 0 Å². The van der Waals surface area contributed by atoms with Crippen LogP contribution in [0.5, 0.6) is 5.75 Å². The minimum atomic E-state index is -4.38. The van der Waals surface area contributed by atoms with E-state index in [1.54, 1.807) is 44.5 Å². The predicted octanol–water partition coefficient (Wildman–Crippen LogP) is 10.2. The standard InChI is InChI=1S/C40H27FN4O3S2.C10H13NO2/c41-32-19-16-27(17-20-32)38-34(28-18-21-35-33(24-28)39(43-26-42-35)36-22-23-37(49-36)50(46,47)48)25-45(44-38)40(29-10-4-1-5-11-29,30-12-6-2-7-13-30)31-14-8-3-9-15-31;1-11-7-10(12)8-4-3-5-9(6-8)13-2/h1-26H,(H,46,47,48);3-6,11H,7H2,1-2H3. The number of halogens is 1. The van der Waals surface area contributed by atoms with Gasteiger partial charge in [-0.2, -0.15) is 13.5 Å². The van der Waals surface area contributed by atoms with E-state index in [0.29, 0.717) is 45.0 Å². The summed E-state index contributed by atoms with van der Waals surface area (Å²) in [5, 5.41) is 8.85. The zero-order chi connectivity index (χ0) is 44.0. The Kier molecular flexibility index (Phi) is 12.4. The van der Waals surface area contributed by atoms with Crippen molar-refractivity contribution < 1.29 is 26.9 Å². The van der Waals surface area contributed by atoms with Crippen LogP contribution in [0.15, 0.2) is 187 Å². The summed E-state index contributed by atoms with van der Waals surface area (Å²) in [6, 6.07) is 52.9. The lowest BCUT2D eigenvalue weighted by molar-refractivity contribution is 0.0993.